The van der Waals surface area contributed by atoms with Gasteiger partial charge < -0.3 is 33.8 Å². The van der Waals surface area contributed by atoms with Crippen molar-refractivity contribution in [1.82, 2.24) is 0 Å². The Hall–Kier alpha value is -3.24. The summed E-state index contributed by atoms with van der Waals surface area (Å²) >= 11 is 0. The topological polar surface area (TPSA) is 237 Å². The summed E-state index contributed by atoms with van der Waals surface area (Å²) in [5, 5.41) is 10.6. The van der Waals surface area contributed by atoms with E-state index < -0.39 is 97.5 Å². The van der Waals surface area contributed by atoms with Gasteiger partial charge in [-0.15, -0.1) is 0 Å². The minimum atomic E-state index is -4.96. The van der Waals surface area contributed by atoms with Crippen LogP contribution in [-0.2, 0) is 65.4 Å². The number of allylic oxidation sites excluding steroid dienone is 10. The maximum Gasteiger partial charge on any atom is 0.472 e. The van der Waals surface area contributed by atoms with E-state index in [-0.39, 0.29) is 25.7 Å². The van der Waals surface area contributed by atoms with Crippen LogP contribution in [0.4, 0.5) is 0 Å². The number of aliphatic hydroxyl groups is 1. The third-order valence-electron chi connectivity index (χ3n) is 16.0. The highest BCUT2D eigenvalue weighted by Gasteiger charge is 2.30. The van der Waals surface area contributed by atoms with Gasteiger partial charge in [0.05, 0.1) is 26.4 Å². The Labute approximate surface area is 571 Å². The number of rotatable bonds is 71. The molecule has 94 heavy (non-hydrogen) atoms. The molecule has 0 aliphatic carbocycles. The summed E-state index contributed by atoms with van der Waals surface area (Å²) in [4.78, 5) is 72.6. The molecule has 0 fully saturated rings. The minimum Gasteiger partial charge on any atom is -0.462 e. The van der Waals surface area contributed by atoms with Crippen molar-refractivity contribution in [3.8, 4) is 0 Å². The first-order chi connectivity index (χ1) is 45.7. The maximum absolute atomic E-state index is 13.0. The second-order valence-corrected chi connectivity index (χ2v) is 28.2. The molecule has 0 heterocycles. The Kier molecular flexibility index (Phi) is 65.9. The predicted octanol–water partition coefficient (Wildman–Crippen LogP) is 21.1. The average Bonchev–Trinajstić information content (AvgIpc) is 1.24. The predicted molar refractivity (Wildman–Crippen MR) is 381 cm³/mol. The summed E-state index contributed by atoms with van der Waals surface area (Å²) < 4.78 is 68.3. The molecule has 3 N–H and O–H groups in total. The molecule has 0 spiro atoms. The number of hydrogen-bond donors (Lipinski definition) is 3. The van der Waals surface area contributed by atoms with Crippen LogP contribution >= 0.6 is 15.6 Å². The van der Waals surface area contributed by atoms with Gasteiger partial charge in [-0.2, -0.15) is 0 Å². The van der Waals surface area contributed by atoms with Crippen LogP contribution in [0.1, 0.15) is 336 Å². The second-order valence-electron chi connectivity index (χ2n) is 25.2. The molecule has 0 saturated heterocycles. The van der Waals surface area contributed by atoms with Crippen LogP contribution in [0.5, 0.6) is 0 Å². The Bertz CT molecular complexity index is 2030. The maximum atomic E-state index is 13.0. The zero-order valence-corrected chi connectivity index (χ0v) is 61.4. The highest BCUT2D eigenvalue weighted by atomic mass is 31.2. The number of esters is 4. The molecule has 0 aromatic heterocycles. The summed E-state index contributed by atoms with van der Waals surface area (Å²) in [5.74, 6) is -2.18. The van der Waals surface area contributed by atoms with Gasteiger partial charge in [-0.3, -0.25) is 37.3 Å². The van der Waals surface area contributed by atoms with Crippen molar-refractivity contribution in [3.05, 3.63) is 60.8 Å². The third kappa shape index (κ3) is 67.3. The largest absolute Gasteiger partial charge is 0.472 e. The van der Waals surface area contributed by atoms with Gasteiger partial charge in [0.2, 0.25) is 0 Å². The second kappa shape index (κ2) is 68.3. The lowest BCUT2D eigenvalue weighted by Gasteiger charge is -2.21. The first-order valence-corrected chi connectivity index (χ1v) is 40.5. The fraction of sp³-hybridized carbons (Fsp3) is 0.813. The van der Waals surface area contributed by atoms with E-state index in [2.05, 4.69) is 88.5 Å². The molecule has 0 radical (unpaired) electrons. The Morgan fingerprint density at radius 2 is 0.543 bits per heavy atom. The first kappa shape index (κ1) is 90.8. The molecular weight excluding hydrogens is 1230 g/mol. The van der Waals surface area contributed by atoms with Gasteiger partial charge >= 0.3 is 39.5 Å². The van der Waals surface area contributed by atoms with Gasteiger partial charge in [-0.25, -0.2) is 9.13 Å². The van der Waals surface area contributed by atoms with Crippen molar-refractivity contribution in [1.29, 1.82) is 0 Å². The summed E-state index contributed by atoms with van der Waals surface area (Å²) in [5.41, 5.74) is 0. The van der Waals surface area contributed by atoms with Crippen LogP contribution in [0.25, 0.3) is 0 Å². The van der Waals surface area contributed by atoms with Crippen molar-refractivity contribution in [2.75, 3.05) is 39.6 Å². The van der Waals surface area contributed by atoms with E-state index >= 15 is 0 Å². The molecule has 0 aliphatic heterocycles. The molecule has 17 nitrogen and oxygen atoms in total. The smallest absolute Gasteiger partial charge is 0.462 e. The van der Waals surface area contributed by atoms with E-state index in [0.29, 0.717) is 25.7 Å². The quantitative estimate of drug-likeness (QED) is 0.0169. The summed E-state index contributed by atoms with van der Waals surface area (Å²) in [6.07, 6.45) is 65.1. The third-order valence-corrected chi connectivity index (χ3v) is 17.9. The molecule has 5 unspecified atom stereocenters. The van der Waals surface area contributed by atoms with Crippen LogP contribution in [0.2, 0.25) is 0 Å². The van der Waals surface area contributed by atoms with E-state index in [4.69, 9.17) is 37.0 Å². The van der Waals surface area contributed by atoms with Crippen LogP contribution < -0.4 is 0 Å². The first-order valence-electron chi connectivity index (χ1n) is 37.5. The van der Waals surface area contributed by atoms with Crippen molar-refractivity contribution in [3.63, 3.8) is 0 Å². The van der Waals surface area contributed by atoms with Crippen molar-refractivity contribution in [2.24, 2.45) is 0 Å². The van der Waals surface area contributed by atoms with Gasteiger partial charge in [0.15, 0.2) is 12.2 Å². The van der Waals surface area contributed by atoms with Crippen LogP contribution in [0, 0.1) is 0 Å². The standard InChI is InChI=1S/C75H136O17P2/c1-5-9-13-17-21-25-29-31-32-33-34-35-36-38-42-44-48-52-56-60-73(78)86-66-71(92-75(80)62-58-54-50-46-40-28-24-20-16-12-8-4)68-90-94(83,84)88-64-69(76)63-87-93(81,82)89-67-70(91-74(79)61-57-53-49-45-39-27-23-19-15-11-7-3)65-85-72(77)59-55-51-47-43-41-37-30-26-22-18-14-10-6-2/h14,18,21,25-26,30-32,34-35,69-71,76H,5-13,15-17,19-20,22-24,27-29,33,36-68H2,1-4H3,(H,81,82)(H,83,84)/b18-14-,25-21-,30-26-,32-31-,35-34-. The van der Waals surface area contributed by atoms with E-state index in [1.165, 1.54) is 96.3 Å². The number of carbonyl (C=O) groups excluding carboxylic acids is 4. The zero-order chi connectivity index (χ0) is 69.0. The molecule has 0 bridgehead atoms. The number of aliphatic hydroxyl groups excluding tert-OH is 1. The van der Waals surface area contributed by atoms with E-state index in [1.807, 2.05) is 0 Å². The summed E-state index contributed by atoms with van der Waals surface area (Å²) in [6, 6.07) is 0. The van der Waals surface area contributed by atoms with E-state index in [0.717, 1.165) is 161 Å². The molecule has 0 rings (SSSR count). The highest BCUT2D eigenvalue weighted by Crippen LogP contribution is 2.45. The van der Waals surface area contributed by atoms with Crippen molar-refractivity contribution in [2.45, 2.75) is 354 Å². The number of unbranched alkanes of at least 4 members (excludes halogenated alkanes) is 35. The molecule has 0 aromatic rings. The van der Waals surface area contributed by atoms with Gasteiger partial charge in [-0.1, -0.05) is 281 Å². The lowest BCUT2D eigenvalue weighted by atomic mass is 10.1. The molecule has 548 valence electrons. The molecule has 0 saturated carbocycles. The highest BCUT2D eigenvalue weighted by molar-refractivity contribution is 7.47. The molecular formula is C75H136O17P2. The van der Waals surface area contributed by atoms with E-state index in [9.17, 15) is 43.2 Å². The van der Waals surface area contributed by atoms with Gasteiger partial charge in [0, 0.05) is 25.7 Å². The van der Waals surface area contributed by atoms with Crippen LogP contribution in [0.3, 0.4) is 0 Å². The van der Waals surface area contributed by atoms with Gasteiger partial charge in [-0.05, 0) is 89.9 Å². The number of ether oxygens (including phenoxy) is 4. The molecule has 19 heteroatoms. The lowest BCUT2D eigenvalue weighted by Crippen LogP contribution is -2.30. The van der Waals surface area contributed by atoms with Crippen molar-refractivity contribution >= 4 is 39.5 Å². The number of hydrogen-bond acceptors (Lipinski definition) is 15. The number of phosphoric ester groups is 2. The fourth-order valence-corrected chi connectivity index (χ4v) is 11.8. The molecule has 0 amide bonds. The normalized spacial score (nSPS) is 14.3. The van der Waals surface area contributed by atoms with Crippen molar-refractivity contribution < 1.29 is 80.2 Å². The Morgan fingerprint density at radius 1 is 0.298 bits per heavy atom. The van der Waals surface area contributed by atoms with Gasteiger partial charge in [0.25, 0.3) is 0 Å². The van der Waals surface area contributed by atoms with Gasteiger partial charge in [0.1, 0.15) is 19.3 Å². The number of phosphoric acid groups is 2. The fourth-order valence-electron chi connectivity index (χ4n) is 10.2. The molecule has 5 atom stereocenters. The monoisotopic (exact) mass is 1370 g/mol. The summed E-state index contributed by atoms with van der Waals surface area (Å²) in [6.45, 7) is 4.77. The Morgan fingerprint density at radius 3 is 0.862 bits per heavy atom. The number of carbonyl (C=O) groups is 4. The SMILES string of the molecule is CCC/C=C\C/C=C\CCCCCCCC(=O)OCC(COP(=O)(O)OCC(O)COP(=O)(O)OCC(COC(=O)CCCCCCCC/C=C\C/C=C\C/C=C\CCCCC)OC(=O)CCCCCCCCCCCCC)OC(=O)CCCCCCCCCCCCC. The Balaban J connectivity index is 5.26. The van der Waals surface area contributed by atoms with Crippen LogP contribution in [-0.4, -0.2) is 96.7 Å². The molecule has 0 aliphatic rings. The zero-order valence-electron chi connectivity index (χ0n) is 59.6. The average molecular weight is 1370 g/mol. The summed E-state index contributed by atoms with van der Waals surface area (Å²) in [7, 11) is -9.93. The van der Waals surface area contributed by atoms with E-state index in [1.54, 1.807) is 0 Å². The van der Waals surface area contributed by atoms with Crippen LogP contribution in [0.15, 0.2) is 60.8 Å². The lowest BCUT2D eigenvalue weighted by molar-refractivity contribution is -0.161. The minimum absolute atomic E-state index is 0.0975. The molecule has 0 aromatic carbocycles.